The van der Waals surface area contributed by atoms with Gasteiger partial charge in [-0.25, -0.2) is 0 Å². The molecule has 0 fully saturated rings. The number of halogens is 1. The van der Waals surface area contributed by atoms with Crippen LogP contribution in [-0.4, -0.2) is 13.7 Å². The van der Waals surface area contributed by atoms with Crippen LogP contribution in [0, 0.1) is 0 Å². The Morgan fingerprint density at radius 3 is 2.62 bits per heavy atom. The first-order chi connectivity index (χ1) is 10.2. The molecule has 0 saturated heterocycles. The zero-order chi connectivity index (χ0) is 15.2. The lowest BCUT2D eigenvalue weighted by molar-refractivity contribution is 0.416. The molecule has 0 bridgehead atoms. The fourth-order valence-corrected chi connectivity index (χ4v) is 2.74. The molecule has 21 heavy (non-hydrogen) atoms. The molecular formula is C18H22ClNO. The van der Waals surface area contributed by atoms with E-state index in [1.807, 2.05) is 30.3 Å². The summed E-state index contributed by atoms with van der Waals surface area (Å²) in [5, 5.41) is 4.25. The highest BCUT2D eigenvalue weighted by molar-refractivity contribution is 6.31. The molecule has 2 aromatic rings. The zero-order valence-electron chi connectivity index (χ0n) is 12.8. The summed E-state index contributed by atoms with van der Waals surface area (Å²) in [5.74, 6) is 0.860. The van der Waals surface area contributed by atoms with Crippen LogP contribution in [0.25, 0.3) is 11.1 Å². The third kappa shape index (κ3) is 3.78. The van der Waals surface area contributed by atoms with Crippen LogP contribution in [0.4, 0.5) is 0 Å². The predicted molar refractivity (Wildman–Crippen MR) is 90.1 cm³/mol. The SMILES string of the molecule is CCCNC(C)c1ccc(-c2ccccc2OC)cc1Cl. The van der Waals surface area contributed by atoms with Crippen molar-refractivity contribution in [1.29, 1.82) is 0 Å². The minimum absolute atomic E-state index is 0.254. The van der Waals surface area contributed by atoms with E-state index < -0.39 is 0 Å². The average Bonchev–Trinajstić information content (AvgIpc) is 2.52. The van der Waals surface area contributed by atoms with Gasteiger partial charge in [-0.3, -0.25) is 0 Å². The number of rotatable bonds is 6. The summed E-state index contributed by atoms with van der Waals surface area (Å²) in [4.78, 5) is 0. The molecule has 1 unspecified atom stereocenters. The van der Waals surface area contributed by atoms with Crippen LogP contribution in [0.5, 0.6) is 5.75 Å². The van der Waals surface area contributed by atoms with Crippen molar-refractivity contribution in [3.8, 4) is 16.9 Å². The lowest BCUT2D eigenvalue weighted by atomic mass is 10.0. The third-order valence-electron chi connectivity index (χ3n) is 3.59. The van der Waals surface area contributed by atoms with Crippen LogP contribution < -0.4 is 10.1 Å². The second-order valence-electron chi connectivity index (χ2n) is 5.11. The minimum atomic E-state index is 0.254. The molecule has 0 spiro atoms. The highest BCUT2D eigenvalue weighted by atomic mass is 35.5. The number of methoxy groups -OCH3 is 1. The minimum Gasteiger partial charge on any atom is -0.496 e. The Labute approximate surface area is 132 Å². The Kier molecular flexibility index (Phi) is 5.66. The van der Waals surface area contributed by atoms with E-state index in [2.05, 4.69) is 31.3 Å². The standard InChI is InChI=1S/C18H22ClNO/c1-4-11-20-13(2)15-10-9-14(12-17(15)19)16-7-5-6-8-18(16)21-3/h5-10,12-13,20H,4,11H2,1-3H3. The summed E-state index contributed by atoms with van der Waals surface area (Å²) >= 11 is 6.47. The van der Waals surface area contributed by atoms with E-state index in [1.165, 1.54) is 0 Å². The summed E-state index contributed by atoms with van der Waals surface area (Å²) in [6.45, 7) is 5.29. The number of hydrogen-bond donors (Lipinski definition) is 1. The first-order valence-corrected chi connectivity index (χ1v) is 7.71. The molecule has 0 saturated carbocycles. The molecule has 2 nitrogen and oxygen atoms in total. The lowest BCUT2D eigenvalue weighted by Crippen LogP contribution is -2.19. The molecule has 0 aromatic heterocycles. The van der Waals surface area contributed by atoms with Crippen molar-refractivity contribution < 1.29 is 4.74 Å². The summed E-state index contributed by atoms with van der Waals surface area (Å²) in [6.07, 6.45) is 1.11. The summed E-state index contributed by atoms with van der Waals surface area (Å²) in [6, 6.07) is 14.4. The fourth-order valence-electron chi connectivity index (χ4n) is 2.40. The van der Waals surface area contributed by atoms with Crippen molar-refractivity contribution in [2.75, 3.05) is 13.7 Å². The molecule has 0 heterocycles. The molecule has 0 aliphatic heterocycles. The normalized spacial score (nSPS) is 12.2. The van der Waals surface area contributed by atoms with Gasteiger partial charge >= 0.3 is 0 Å². The summed E-state index contributed by atoms with van der Waals surface area (Å²) < 4.78 is 5.41. The van der Waals surface area contributed by atoms with Gasteiger partial charge in [-0.2, -0.15) is 0 Å². The maximum atomic E-state index is 6.47. The first-order valence-electron chi connectivity index (χ1n) is 7.33. The van der Waals surface area contributed by atoms with Gasteiger partial charge in [0.05, 0.1) is 7.11 Å². The highest BCUT2D eigenvalue weighted by Crippen LogP contribution is 2.33. The fraction of sp³-hybridized carbons (Fsp3) is 0.333. The molecule has 2 rings (SSSR count). The third-order valence-corrected chi connectivity index (χ3v) is 3.91. The number of para-hydroxylation sites is 1. The van der Waals surface area contributed by atoms with Crippen molar-refractivity contribution >= 4 is 11.6 Å². The van der Waals surface area contributed by atoms with Gasteiger partial charge in [-0.15, -0.1) is 0 Å². The number of hydrogen-bond acceptors (Lipinski definition) is 2. The van der Waals surface area contributed by atoms with Gasteiger partial charge in [-0.1, -0.05) is 48.9 Å². The highest BCUT2D eigenvalue weighted by Gasteiger charge is 2.11. The molecular weight excluding hydrogens is 282 g/mol. The largest absolute Gasteiger partial charge is 0.496 e. The van der Waals surface area contributed by atoms with Gasteiger partial charge in [0.25, 0.3) is 0 Å². The molecule has 2 aromatic carbocycles. The number of benzene rings is 2. The first kappa shape index (κ1) is 15.9. The topological polar surface area (TPSA) is 21.3 Å². The van der Waals surface area contributed by atoms with E-state index in [1.54, 1.807) is 7.11 Å². The monoisotopic (exact) mass is 303 g/mol. The van der Waals surface area contributed by atoms with Gasteiger partial charge < -0.3 is 10.1 Å². The Hall–Kier alpha value is -1.51. The molecule has 0 aliphatic carbocycles. The molecule has 1 N–H and O–H groups in total. The van der Waals surface area contributed by atoms with Gasteiger partial charge in [0, 0.05) is 16.6 Å². The van der Waals surface area contributed by atoms with Crippen LogP contribution in [0.1, 0.15) is 31.9 Å². The molecule has 0 amide bonds. The second-order valence-corrected chi connectivity index (χ2v) is 5.52. The van der Waals surface area contributed by atoms with Gasteiger partial charge in [0.15, 0.2) is 0 Å². The molecule has 112 valence electrons. The second kappa shape index (κ2) is 7.48. The van der Waals surface area contributed by atoms with Gasteiger partial charge in [0.1, 0.15) is 5.75 Å². The predicted octanol–water partition coefficient (Wildman–Crippen LogP) is 5.08. The van der Waals surface area contributed by atoms with Crippen LogP contribution in [-0.2, 0) is 0 Å². The van der Waals surface area contributed by atoms with Crippen molar-refractivity contribution in [3.63, 3.8) is 0 Å². The molecule has 1 atom stereocenters. The molecule has 0 aliphatic rings. The Balaban J connectivity index is 2.30. The Morgan fingerprint density at radius 2 is 1.95 bits per heavy atom. The maximum absolute atomic E-state index is 6.47. The van der Waals surface area contributed by atoms with Crippen molar-refractivity contribution in [1.82, 2.24) is 5.32 Å². The van der Waals surface area contributed by atoms with Crippen LogP contribution in [0.3, 0.4) is 0 Å². The number of nitrogens with one attached hydrogen (secondary N) is 1. The van der Waals surface area contributed by atoms with Gasteiger partial charge in [-0.05, 0) is 43.1 Å². The Morgan fingerprint density at radius 1 is 1.19 bits per heavy atom. The van der Waals surface area contributed by atoms with E-state index >= 15 is 0 Å². The van der Waals surface area contributed by atoms with Crippen molar-refractivity contribution in [2.45, 2.75) is 26.3 Å². The van der Waals surface area contributed by atoms with E-state index in [4.69, 9.17) is 16.3 Å². The quantitative estimate of drug-likeness (QED) is 0.804. The lowest BCUT2D eigenvalue weighted by Gasteiger charge is -2.16. The van der Waals surface area contributed by atoms with Crippen molar-refractivity contribution in [3.05, 3.63) is 53.1 Å². The summed E-state index contributed by atoms with van der Waals surface area (Å²) in [5.41, 5.74) is 3.26. The Bertz CT molecular complexity index is 598. The maximum Gasteiger partial charge on any atom is 0.126 e. The van der Waals surface area contributed by atoms with E-state index in [0.717, 1.165) is 40.4 Å². The molecule has 3 heteroatoms. The number of ether oxygens (including phenoxy) is 1. The summed E-state index contributed by atoms with van der Waals surface area (Å²) in [7, 11) is 1.69. The van der Waals surface area contributed by atoms with Crippen LogP contribution >= 0.6 is 11.6 Å². The van der Waals surface area contributed by atoms with Crippen molar-refractivity contribution in [2.24, 2.45) is 0 Å². The average molecular weight is 304 g/mol. The van der Waals surface area contributed by atoms with Crippen LogP contribution in [0.2, 0.25) is 5.02 Å². The zero-order valence-corrected chi connectivity index (χ0v) is 13.6. The smallest absolute Gasteiger partial charge is 0.126 e. The molecule has 0 radical (unpaired) electrons. The van der Waals surface area contributed by atoms with Gasteiger partial charge in [0.2, 0.25) is 0 Å². The van der Waals surface area contributed by atoms with Crippen LogP contribution in [0.15, 0.2) is 42.5 Å². The van der Waals surface area contributed by atoms with E-state index in [-0.39, 0.29) is 6.04 Å². The van der Waals surface area contributed by atoms with E-state index in [0.29, 0.717) is 0 Å². The van der Waals surface area contributed by atoms with E-state index in [9.17, 15) is 0 Å².